The standard InChI is InChI=1S/C33H37ClN6O5/c1-38-30(41)28-29(36-32(39-13-5-7-23(35)18-39)40(28)17-21-6-2-3-10-27(21)34)37-33(38)45-25-9-4-8-24(16-25)44-26-14-22(15-26)31(42)43-19-20-11-12-20/h2-4,6,8-10,16,20,22-23,26H,5,7,11-15,17-19,35H2,1H3/t22?,23-,26?/m1/s1. The number of imidazole rings is 1. The monoisotopic (exact) mass is 632 g/mol. The quantitative estimate of drug-likeness (QED) is 0.248. The summed E-state index contributed by atoms with van der Waals surface area (Å²) in [6, 6.07) is 14.9. The van der Waals surface area contributed by atoms with E-state index >= 15 is 0 Å². The second kappa shape index (κ2) is 12.4. The maximum Gasteiger partial charge on any atom is 0.309 e. The van der Waals surface area contributed by atoms with E-state index in [1.54, 1.807) is 19.2 Å². The highest BCUT2D eigenvalue weighted by atomic mass is 35.5. The topological polar surface area (TPSA) is 127 Å². The summed E-state index contributed by atoms with van der Waals surface area (Å²) in [4.78, 5) is 37.8. The number of fused-ring (bicyclic) bond motifs is 1. The number of carbonyl (C=O) groups is 1. The Morgan fingerprint density at radius 3 is 2.64 bits per heavy atom. The predicted octanol–water partition coefficient (Wildman–Crippen LogP) is 4.66. The number of anilines is 1. The molecule has 1 aliphatic heterocycles. The Labute approximate surface area is 265 Å². The van der Waals surface area contributed by atoms with Crippen LogP contribution in [0.5, 0.6) is 17.5 Å². The Balaban J connectivity index is 1.12. The molecule has 2 aromatic carbocycles. The van der Waals surface area contributed by atoms with Crippen LogP contribution in [0.25, 0.3) is 11.2 Å². The molecular weight excluding hydrogens is 596 g/mol. The van der Waals surface area contributed by atoms with E-state index in [2.05, 4.69) is 4.90 Å². The molecule has 1 saturated heterocycles. The van der Waals surface area contributed by atoms with Crippen LogP contribution >= 0.6 is 11.6 Å². The van der Waals surface area contributed by atoms with Crippen molar-refractivity contribution in [1.82, 2.24) is 19.1 Å². The molecule has 3 heterocycles. The lowest BCUT2D eigenvalue weighted by molar-refractivity contribution is -0.155. The number of nitrogens with two attached hydrogens (primary N) is 1. The average Bonchev–Trinajstić information content (AvgIpc) is 3.77. The Morgan fingerprint density at radius 2 is 1.87 bits per heavy atom. The van der Waals surface area contributed by atoms with E-state index in [4.69, 9.17) is 41.5 Å². The molecule has 0 amide bonds. The molecule has 12 heteroatoms. The molecule has 236 valence electrons. The van der Waals surface area contributed by atoms with Gasteiger partial charge in [-0.1, -0.05) is 35.9 Å². The van der Waals surface area contributed by atoms with E-state index in [1.807, 2.05) is 41.0 Å². The molecule has 0 spiro atoms. The lowest BCUT2D eigenvalue weighted by atomic mass is 9.82. The Hall–Kier alpha value is -4.09. The summed E-state index contributed by atoms with van der Waals surface area (Å²) in [5, 5.41) is 0.610. The zero-order valence-corrected chi connectivity index (χ0v) is 26.0. The lowest BCUT2D eigenvalue weighted by Crippen LogP contribution is -2.44. The second-order valence-corrected chi connectivity index (χ2v) is 12.8. The number of halogens is 1. The lowest BCUT2D eigenvalue weighted by Gasteiger charge is -2.33. The van der Waals surface area contributed by atoms with Crippen molar-refractivity contribution in [2.24, 2.45) is 24.6 Å². The molecule has 3 fully saturated rings. The number of aromatic nitrogens is 4. The minimum absolute atomic E-state index is 0.0171. The van der Waals surface area contributed by atoms with Gasteiger partial charge in [0.25, 0.3) is 5.56 Å². The summed E-state index contributed by atoms with van der Waals surface area (Å²) >= 11 is 6.53. The highest BCUT2D eigenvalue weighted by Gasteiger charge is 2.38. The molecule has 2 aliphatic carbocycles. The zero-order chi connectivity index (χ0) is 31.1. The fourth-order valence-corrected chi connectivity index (χ4v) is 6.16. The summed E-state index contributed by atoms with van der Waals surface area (Å²) in [5.41, 5.74) is 7.55. The molecule has 0 radical (unpaired) electrons. The number of rotatable bonds is 10. The number of carbonyl (C=O) groups excluding carboxylic acids is 1. The molecule has 1 atom stereocenters. The third-order valence-corrected chi connectivity index (χ3v) is 9.22. The fraction of sp³-hybridized carbons (Fsp3) is 0.455. The normalized spacial score (nSPS) is 21.4. The third kappa shape index (κ3) is 6.37. The van der Waals surface area contributed by atoms with Crippen LogP contribution < -0.4 is 25.7 Å². The first kappa shape index (κ1) is 29.6. The molecule has 45 heavy (non-hydrogen) atoms. The van der Waals surface area contributed by atoms with Crippen molar-refractivity contribution in [3.05, 3.63) is 69.5 Å². The minimum atomic E-state index is -0.288. The zero-order valence-electron chi connectivity index (χ0n) is 25.2. The second-order valence-electron chi connectivity index (χ2n) is 12.4. The van der Waals surface area contributed by atoms with Crippen LogP contribution in [0, 0.1) is 11.8 Å². The first-order valence-corrected chi connectivity index (χ1v) is 16.0. The van der Waals surface area contributed by atoms with Crippen molar-refractivity contribution < 1.29 is 19.0 Å². The molecule has 2 N–H and O–H groups in total. The Bertz CT molecular complexity index is 1780. The first-order valence-electron chi connectivity index (χ1n) is 15.6. The predicted molar refractivity (Wildman–Crippen MR) is 170 cm³/mol. The van der Waals surface area contributed by atoms with Crippen LogP contribution in [0.3, 0.4) is 0 Å². The van der Waals surface area contributed by atoms with Crippen LogP contribution in [-0.4, -0.2) is 56.9 Å². The van der Waals surface area contributed by atoms with Crippen LogP contribution in [0.1, 0.15) is 44.1 Å². The van der Waals surface area contributed by atoms with E-state index in [0.29, 0.717) is 66.4 Å². The smallest absolute Gasteiger partial charge is 0.309 e. The van der Waals surface area contributed by atoms with Gasteiger partial charge in [0.05, 0.1) is 19.1 Å². The highest BCUT2D eigenvalue weighted by Crippen LogP contribution is 2.35. The van der Waals surface area contributed by atoms with Gasteiger partial charge in [-0.2, -0.15) is 9.97 Å². The molecule has 0 unspecified atom stereocenters. The van der Waals surface area contributed by atoms with E-state index in [-0.39, 0.29) is 41.2 Å². The van der Waals surface area contributed by atoms with Crippen LogP contribution in [0.15, 0.2) is 53.3 Å². The number of piperidine rings is 1. The van der Waals surface area contributed by atoms with Crippen molar-refractivity contribution in [2.75, 3.05) is 24.6 Å². The van der Waals surface area contributed by atoms with Gasteiger partial charge < -0.3 is 24.8 Å². The number of esters is 1. The van der Waals surface area contributed by atoms with E-state index < -0.39 is 0 Å². The molecular formula is C33H37ClN6O5. The summed E-state index contributed by atoms with van der Waals surface area (Å²) in [6.45, 7) is 2.30. The summed E-state index contributed by atoms with van der Waals surface area (Å²) in [6.07, 6.45) is 5.37. The highest BCUT2D eigenvalue weighted by molar-refractivity contribution is 6.31. The van der Waals surface area contributed by atoms with Gasteiger partial charge in [-0.3, -0.25) is 18.7 Å². The number of nitrogens with zero attached hydrogens (tertiary/aromatic N) is 5. The van der Waals surface area contributed by atoms with Gasteiger partial charge in [0.1, 0.15) is 17.6 Å². The SMILES string of the molecule is Cn1c(Oc2cccc(OC3CC(C(=O)OCC4CC4)C3)c2)nc2nc(N3CCC[C@@H](N)C3)n(Cc3ccccc3Cl)c2c1=O. The number of hydrogen-bond donors (Lipinski definition) is 1. The molecule has 7 rings (SSSR count). The van der Waals surface area contributed by atoms with Crippen LogP contribution in [0.4, 0.5) is 5.95 Å². The fourth-order valence-electron chi connectivity index (χ4n) is 5.97. The largest absolute Gasteiger partial charge is 0.490 e. The molecule has 0 bridgehead atoms. The van der Waals surface area contributed by atoms with Crippen molar-refractivity contribution >= 4 is 34.7 Å². The van der Waals surface area contributed by atoms with Crippen molar-refractivity contribution in [2.45, 2.75) is 57.2 Å². The molecule has 2 saturated carbocycles. The first-order chi connectivity index (χ1) is 21.8. The van der Waals surface area contributed by atoms with Crippen molar-refractivity contribution in [3.63, 3.8) is 0 Å². The maximum absolute atomic E-state index is 13.9. The molecule has 11 nitrogen and oxygen atoms in total. The summed E-state index contributed by atoms with van der Waals surface area (Å²) in [5.74, 6) is 2.03. The third-order valence-electron chi connectivity index (χ3n) is 8.86. The minimum Gasteiger partial charge on any atom is -0.490 e. The summed E-state index contributed by atoms with van der Waals surface area (Å²) < 4.78 is 20.9. The molecule has 4 aromatic rings. The van der Waals surface area contributed by atoms with Crippen LogP contribution in [-0.2, 0) is 23.1 Å². The average molecular weight is 633 g/mol. The van der Waals surface area contributed by atoms with Gasteiger partial charge in [-0.25, -0.2) is 0 Å². The van der Waals surface area contributed by atoms with Gasteiger partial charge in [-0.15, -0.1) is 0 Å². The molecule has 2 aromatic heterocycles. The maximum atomic E-state index is 13.9. The number of ether oxygens (including phenoxy) is 3. The molecule has 3 aliphatic rings. The van der Waals surface area contributed by atoms with Gasteiger partial charge in [0.15, 0.2) is 11.2 Å². The number of benzene rings is 2. The Morgan fingerprint density at radius 1 is 1.07 bits per heavy atom. The van der Waals surface area contributed by atoms with Crippen molar-refractivity contribution in [1.29, 1.82) is 0 Å². The van der Waals surface area contributed by atoms with Gasteiger partial charge in [0.2, 0.25) is 5.95 Å². The van der Waals surface area contributed by atoms with E-state index in [1.165, 1.54) is 4.57 Å². The van der Waals surface area contributed by atoms with Gasteiger partial charge in [0, 0.05) is 37.3 Å². The number of hydrogen-bond acceptors (Lipinski definition) is 9. The van der Waals surface area contributed by atoms with E-state index in [0.717, 1.165) is 37.8 Å². The van der Waals surface area contributed by atoms with Gasteiger partial charge in [-0.05, 0) is 68.2 Å². The van der Waals surface area contributed by atoms with Crippen LogP contribution in [0.2, 0.25) is 5.02 Å². The Kier molecular flexibility index (Phi) is 8.14. The summed E-state index contributed by atoms with van der Waals surface area (Å²) in [7, 11) is 1.63. The van der Waals surface area contributed by atoms with Crippen molar-refractivity contribution in [3.8, 4) is 17.5 Å². The van der Waals surface area contributed by atoms with Gasteiger partial charge >= 0.3 is 12.0 Å². The van der Waals surface area contributed by atoms with E-state index in [9.17, 15) is 9.59 Å².